The average molecular weight is 422 g/mol. The number of hydrogen-bond acceptors (Lipinski definition) is 7. The first-order valence-electron chi connectivity index (χ1n) is 9.30. The van der Waals surface area contributed by atoms with Crippen LogP contribution in [-0.4, -0.2) is 65.5 Å². The van der Waals surface area contributed by atoms with Crippen LogP contribution in [0, 0.1) is 0 Å². The minimum Gasteiger partial charge on any atom is -0.459 e. The molecule has 0 aromatic rings. The number of carbonyl (C=O) groups is 2. The molecule has 1 atom stereocenters. The van der Waals surface area contributed by atoms with Crippen LogP contribution in [0.2, 0.25) is 0 Å². The maximum Gasteiger partial charge on any atom is 0.412 e. The van der Waals surface area contributed by atoms with Gasteiger partial charge in [0.2, 0.25) is 0 Å². The van der Waals surface area contributed by atoms with Gasteiger partial charge in [-0.2, -0.15) is 0 Å². The van der Waals surface area contributed by atoms with Crippen molar-refractivity contribution in [3.63, 3.8) is 0 Å². The maximum absolute atomic E-state index is 13.1. The van der Waals surface area contributed by atoms with Gasteiger partial charge in [0, 0.05) is 0 Å². The summed E-state index contributed by atoms with van der Waals surface area (Å²) in [6.07, 6.45) is -0.666. The molecule has 1 aliphatic heterocycles. The topological polar surface area (TPSA) is 99.2 Å². The lowest BCUT2D eigenvalue weighted by molar-refractivity contribution is -0.151. The van der Waals surface area contributed by atoms with Gasteiger partial charge in [-0.05, 0) is 69.2 Å². The first-order valence-corrected chi connectivity index (χ1v) is 11.0. The third-order valence-corrected chi connectivity index (χ3v) is 6.90. The highest BCUT2D eigenvalue weighted by molar-refractivity contribution is 7.93. The molecule has 0 saturated carbocycles. The van der Waals surface area contributed by atoms with Crippen LogP contribution in [0.3, 0.4) is 0 Å². The highest BCUT2D eigenvalue weighted by atomic mass is 32.2. The monoisotopic (exact) mass is 421 g/mol. The molecule has 0 bridgehead atoms. The Balaban J connectivity index is 3.18. The zero-order valence-corrected chi connectivity index (χ0v) is 19.5. The summed E-state index contributed by atoms with van der Waals surface area (Å²) in [5, 5.41) is 0. The predicted molar refractivity (Wildman–Crippen MR) is 106 cm³/mol. The summed E-state index contributed by atoms with van der Waals surface area (Å²) in [6.45, 7) is 16.5. The van der Waals surface area contributed by atoms with Crippen molar-refractivity contribution in [3.8, 4) is 0 Å². The SMILES string of the molecule is CC(C)(C)OC(=O)CS(=O)(=O)C(C)(C)[C@H]1COC(C)(C)N1C(=O)OC(C)(C)C. The first kappa shape index (κ1) is 24.7. The van der Waals surface area contributed by atoms with Gasteiger partial charge in [-0.15, -0.1) is 0 Å². The lowest BCUT2D eigenvalue weighted by atomic mass is 10.0. The third-order valence-electron chi connectivity index (χ3n) is 4.41. The van der Waals surface area contributed by atoms with E-state index in [1.165, 1.54) is 18.7 Å². The second kappa shape index (κ2) is 7.48. The van der Waals surface area contributed by atoms with E-state index >= 15 is 0 Å². The molecule has 1 aliphatic rings. The standard InChI is InChI=1S/C19H35NO7S/c1-16(2,3)26-14(21)12-28(23,24)18(7,8)13-11-25-19(9,10)20(13)15(22)27-17(4,5)6/h13H,11-12H2,1-10H3/t13-/m1/s1. The first-order chi connectivity index (χ1) is 12.2. The van der Waals surface area contributed by atoms with E-state index in [0.29, 0.717) is 0 Å². The fraction of sp³-hybridized carbons (Fsp3) is 0.895. The normalized spacial score (nSPS) is 20.8. The van der Waals surface area contributed by atoms with Crippen molar-refractivity contribution < 1.29 is 32.2 Å². The average Bonchev–Trinajstić information content (AvgIpc) is 2.69. The second-order valence-corrected chi connectivity index (χ2v) is 12.6. The Bertz CT molecular complexity index is 712. The van der Waals surface area contributed by atoms with Crippen LogP contribution < -0.4 is 0 Å². The van der Waals surface area contributed by atoms with Crippen LogP contribution in [0.15, 0.2) is 0 Å². The molecule has 1 amide bonds. The van der Waals surface area contributed by atoms with Crippen molar-refractivity contribution in [2.45, 2.75) is 97.0 Å². The number of sulfone groups is 1. The summed E-state index contributed by atoms with van der Waals surface area (Å²) in [4.78, 5) is 26.2. The Morgan fingerprint density at radius 2 is 1.46 bits per heavy atom. The molecule has 1 rings (SSSR count). The molecule has 0 aliphatic carbocycles. The van der Waals surface area contributed by atoms with E-state index < -0.39 is 55.4 Å². The summed E-state index contributed by atoms with van der Waals surface area (Å²) in [5.74, 6) is -1.61. The second-order valence-electron chi connectivity index (χ2n) is 10.1. The van der Waals surface area contributed by atoms with E-state index in [9.17, 15) is 18.0 Å². The fourth-order valence-corrected chi connectivity index (χ4v) is 4.22. The Morgan fingerprint density at radius 1 is 1.00 bits per heavy atom. The number of rotatable bonds is 4. The van der Waals surface area contributed by atoms with Crippen LogP contribution in [0.25, 0.3) is 0 Å². The van der Waals surface area contributed by atoms with Gasteiger partial charge in [0.05, 0.1) is 17.4 Å². The molecule has 8 nitrogen and oxygen atoms in total. The number of amides is 1. The van der Waals surface area contributed by atoms with Crippen molar-refractivity contribution in [3.05, 3.63) is 0 Å². The number of carbonyl (C=O) groups excluding carboxylic acids is 2. The zero-order valence-electron chi connectivity index (χ0n) is 18.7. The van der Waals surface area contributed by atoms with Gasteiger partial charge in [0.1, 0.15) is 22.7 Å². The van der Waals surface area contributed by atoms with Crippen molar-refractivity contribution >= 4 is 21.9 Å². The van der Waals surface area contributed by atoms with Gasteiger partial charge in [-0.1, -0.05) is 0 Å². The smallest absolute Gasteiger partial charge is 0.412 e. The Labute approximate surface area is 168 Å². The summed E-state index contributed by atoms with van der Waals surface area (Å²) in [5.41, 5.74) is -2.59. The molecule has 0 unspecified atom stereocenters. The molecule has 0 aromatic carbocycles. The van der Waals surface area contributed by atoms with Crippen LogP contribution in [0.4, 0.5) is 4.79 Å². The van der Waals surface area contributed by atoms with E-state index in [1.807, 2.05) is 0 Å². The molecule has 9 heteroatoms. The Kier molecular flexibility index (Phi) is 6.59. The predicted octanol–water partition coefficient (Wildman–Crippen LogP) is 2.89. The summed E-state index contributed by atoms with van der Waals surface area (Å²) < 4.78 is 41.0. The molecule has 1 heterocycles. The van der Waals surface area contributed by atoms with Gasteiger partial charge in [-0.3, -0.25) is 9.69 Å². The van der Waals surface area contributed by atoms with E-state index in [-0.39, 0.29) is 6.61 Å². The Morgan fingerprint density at radius 3 is 1.89 bits per heavy atom. The van der Waals surface area contributed by atoms with E-state index in [1.54, 1.807) is 55.4 Å². The maximum atomic E-state index is 13.1. The van der Waals surface area contributed by atoms with Crippen molar-refractivity contribution in [2.24, 2.45) is 0 Å². The molecular formula is C19H35NO7S. The number of hydrogen-bond donors (Lipinski definition) is 0. The van der Waals surface area contributed by atoms with Crippen molar-refractivity contribution in [2.75, 3.05) is 12.4 Å². The number of ether oxygens (including phenoxy) is 3. The minimum absolute atomic E-state index is 0.00674. The van der Waals surface area contributed by atoms with Crippen LogP contribution in [-0.2, 0) is 28.8 Å². The molecule has 1 fully saturated rings. The van der Waals surface area contributed by atoms with Crippen LogP contribution in [0.1, 0.15) is 69.2 Å². The van der Waals surface area contributed by atoms with Gasteiger partial charge in [-0.25, -0.2) is 13.2 Å². The molecule has 164 valence electrons. The number of nitrogens with zero attached hydrogens (tertiary/aromatic N) is 1. The lowest BCUT2D eigenvalue weighted by Gasteiger charge is -2.40. The van der Waals surface area contributed by atoms with E-state index in [0.717, 1.165) is 0 Å². The van der Waals surface area contributed by atoms with Gasteiger partial charge in [0.25, 0.3) is 0 Å². The minimum atomic E-state index is -3.98. The van der Waals surface area contributed by atoms with Gasteiger partial charge in [0.15, 0.2) is 9.84 Å². The quantitative estimate of drug-likeness (QED) is 0.644. The summed E-state index contributed by atoms with van der Waals surface area (Å²) in [6, 6.07) is -0.829. The third kappa shape index (κ3) is 5.83. The lowest BCUT2D eigenvalue weighted by Crippen LogP contribution is -2.59. The zero-order chi connectivity index (χ0) is 22.3. The fourth-order valence-electron chi connectivity index (χ4n) is 2.89. The summed E-state index contributed by atoms with van der Waals surface area (Å²) >= 11 is 0. The Hall–Kier alpha value is -1.35. The molecule has 0 spiro atoms. The van der Waals surface area contributed by atoms with E-state index in [2.05, 4.69) is 0 Å². The van der Waals surface area contributed by atoms with Gasteiger partial charge >= 0.3 is 12.1 Å². The molecule has 0 aromatic heterocycles. The van der Waals surface area contributed by atoms with Crippen LogP contribution in [0.5, 0.6) is 0 Å². The molecule has 28 heavy (non-hydrogen) atoms. The molecule has 0 radical (unpaired) electrons. The van der Waals surface area contributed by atoms with E-state index in [4.69, 9.17) is 14.2 Å². The molecular weight excluding hydrogens is 386 g/mol. The van der Waals surface area contributed by atoms with Crippen molar-refractivity contribution in [1.29, 1.82) is 0 Å². The number of esters is 1. The highest BCUT2D eigenvalue weighted by Gasteiger charge is 2.56. The molecule has 1 saturated heterocycles. The molecule has 0 N–H and O–H groups in total. The summed E-state index contributed by atoms with van der Waals surface area (Å²) in [7, 11) is -3.98. The largest absolute Gasteiger partial charge is 0.459 e. The van der Waals surface area contributed by atoms with Crippen molar-refractivity contribution in [1.82, 2.24) is 4.90 Å². The van der Waals surface area contributed by atoms with Gasteiger partial charge < -0.3 is 14.2 Å². The highest BCUT2D eigenvalue weighted by Crippen LogP contribution is 2.38. The van der Waals surface area contributed by atoms with Crippen LogP contribution >= 0.6 is 0 Å².